The minimum atomic E-state index is -3.96. The van der Waals surface area contributed by atoms with Crippen LogP contribution in [0.3, 0.4) is 0 Å². The standard InChI is InChI=1S/C30H31N3O5S2/c1-19-6-15-28(23(5)16-19)33-40(37,38)29-18-24(9-7-21(29)3)30(34)31-25-11-13-27(14-12-25)39(35,36)32-26-10-8-20(2)22(4)17-26/h6-18,32-33H,1-5H3,(H,31,34). The lowest BCUT2D eigenvalue weighted by molar-refractivity contribution is 0.102. The summed E-state index contributed by atoms with van der Waals surface area (Å²) < 4.78 is 57.2. The highest BCUT2D eigenvalue weighted by molar-refractivity contribution is 7.93. The van der Waals surface area contributed by atoms with E-state index in [9.17, 15) is 21.6 Å². The number of benzene rings is 4. The maximum Gasteiger partial charge on any atom is 0.262 e. The SMILES string of the molecule is Cc1ccc(NS(=O)(=O)c2cc(C(=O)Nc3ccc(S(=O)(=O)Nc4ccc(C)c(C)c4)cc3)ccc2C)c(C)c1. The predicted octanol–water partition coefficient (Wildman–Crippen LogP) is 6.08. The Morgan fingerprint density at radius 3 is 1.88 bits per heavy atom. The average molecular weight is 578 g/mol. The molecule has 10 heteroatoms. The van der Waals surface area contributed by atoms with Crippen LogP contribution in [0.4, 0.5) is 17.1 Å². The summed E-state index contributed by atoms with van der Waals surface area (Å²) in [6, 6.07) is 20.8. The molecular weight excluding hydrogens is 546 g/mol. The first-order valence-corrected chi connectivity index (χ1v) is 15.4. The van der Waals surface area contributed by atoms with E-state index in [1.54, 1.807) is 31.2 Å². The molecule has 0 aliphatic heterocycles. The van der Waals surface area contributed by atoms with E-state index >= 15 is 0 Å². The van der Waals surface area contributed by atoms with E-state index < -0.39 is 26.0 Å². The first-order chi connectivity index (χ1) is 18.7. The number of amides is 1. The lowest BCUT2D eigenvalue weighted by atomic mass is 10.1. The fourth-order valence-corrected chi connectivity index (χ4v) is 6.55. The Labute approximate surface area is 235 Å². The molecule has 4 aromatic rings. The lowest BCUT2D eigenvalue weighted by Crippen LogP contribution is -2.17. The van der Waals surface area contributed by atoms with Crippen LogP contribution < -0.4 is 14.8 Å². The van der Waals surface area contributed by atoms with Gasteiger partial charge in [0.05, 0.1) is 15.5 Å². The fraction of sp³-hybridized carbons (Fsp3) is 0.167. The number of nitrogens with one attached hydrogen (secondary N) is 3. The van der Waals surface area contributed by atoms with Crippen molar-refractivity contribution in [3.05, 3.63) is 112 Å². The summed E-state index contributed by atoms with van der Waals surface area (Å²) in [4.78, 5) is 13.0. The van der Waals surface area contributed by atoms with E-state index in [2.05, 4.69) is 14.8 Å². The highest BCUT2D eigenvalue weighted by atomic mass is 32.2. The van der Waals surface area contributed by atoms with E-state index in [4.69, 9.17) is 0 Å². The molecule has 0 unspecified atom stereocenters. The number of carbonyl (C=O) groups is 1. The van der Waals surface area contributed by atoms with Crippen molar-refractivity contribution >= 4 is 43.0 Å². The van der Waals surface area contributed by atoms with Crippen molar-refractivity contribution in [2.24, 2.45) is 0 Å². The van der Waals surface area contributed by atoms with Crippen molar-refractivity contribution in [2.75, 3.05) is 14.8 Å². The molecule has 8 nitrogen and oxygen atoms in total. The Kier molecular flexibility index (Phi) is 8.04. The second kappa shape index (κ2) is 11.1. The molecule has 0 saturated carbocycles. The molecule has 0 saturated heterocycles. The van der Waals surface area contributed by atoms with Gasteiger partial charge in [-0.3, -0.25) is 14.2 Å². The number of anilines is 3. The van der Waals surface area contributed by atoms with Crippen molar-refractivity contribution in [1.82, 2.24) is 0 Å². The van der Waals surface area contributed by atoms with Crippen molar-refractivity contribution in [1.29, 1.82) is 0 Å². The molecule has 0 heterocycles. The molecule has 3 N–H and O–H groups in total. The lowest BCUT2D eigenvalue weighted by Gasteiger charge is -2.14. The number of sulfonamides is 2. The third-order valence-corrected chi connectivity index (χ3v) is 9.45. The molecular formula is C30H31N3O5S2. The van der Waals surface area contributed by atoms with Crippen LogP contribution in [-0.2, 0) is 20.0 Å². The highest BCUT2D eigenvalue weighted by Crippen LogP contribution is 2.25. The van der Waals surface area contributed by atoms with Crippen molar-refractivity contribution in [2.45, 2.75) is 44.4 Å². The molecule has 0 aliphatic rings. The second-order valence-electron chi connectivity index (χ2n) is 9.79. The van der Waals surface area contributed by atoms with Gasteiger partial charge in [-0.1, -0.05) is 29.8 Å². The Bertz CT molecular complexity index is 1820. The van der Waals surface area contributed by atoms with Crippen LogP contribution in [0.2, 0.25) is 0 Å². The molecule has 0 radical (unpaired) electrons. The first-order valence-electron chi connectivity index (χ1n) is 12.5. The minimum Gasteiger partial charge on any atom is -0.322 e. The second-order valence-corrected chi connectivity index (χ2v) is 13.1. The smallest absolute Gasteiger partial charge is 0.262 e. The fourth-order valence-electron chi connectivity index (χ4n) is 4.10. The summed E-state index contributed by atoms with van der Waals surface area (Å²) in [6.07, 6.45) is 0. The molecule has 0 bridgehead atoms. The minimum absolute atomic E-state index is 0.0148. The first kappa shape index (κ1) is 28.8. The van der Waals surface area contributed by atoms with Crippen molar-refractivity contribution < 1.29 is 21.6 Å². The molecule has 0 fully saturated rings. The van der Waals surface area contributed by atoms with Crippen LogP contribution >= 0.6 is 0 Å². The summed E-state index contributed by atoms with van der Waals surface area (Å²) in [6.45, 7) is 9.24. The zero-order valence-electron chi connectivity index (χ0n) is 22.9. The van der Waals surface area contributed by atoms with Gasteiger partial charge in [-0.2, -0.15) is 0 Å². The summed E-state index contributed by atoms with van der Waals surface area (Å²) in [7, 11) is -7.80. The predicted molar refractivity (Wildman–Crippen MR) is 159 cm³/mol. The van der Waals surface area contributed by atoms with E-state index in [0.717, 1.165) is 22.3 Å². The van der Waals surface area contributed by atoms with Crippen molar-refractivity contribution in [3.8, 4) is 0 Å². The monoisotopic (exact) mass is 577 g/mol. The number of carbonyl (C=O) groups excluding carboxylic acids is 1. The molecule has 40 heavy (non-hydrogen) atoms. The van der Waals surface area contributed by atoms with Crippen LogP contribution in [0.5, 0.6) is 0 Å². The maximum absolute atomic E-state index is 13.2. The van der Waals surface area contributed by atoms with E-state index in [0.29, 0.717) is 22.6 Å². The maximum atomic E-state index is 13.2. The largest absolute Gasteiger partial charge is 0.322 e. The van der Waals surface area contributed by atoms with E-state index in [1.807, 2.05) is 45.9 Å². The zero-order chi connectivity index (χ0) is 29.2. The van der Waals surface area contributed by atoms with E-state index in [-0.39, 0.29) is 15.4 Å². The van der Waals surface area contributed by atoms with Gasteiger partial charge in [-0.05, 0) is 111 Å². The van der Waals surface area contributed by atoms with Crippen LogP contribution in [0.1, 0.15) is 38.2 Å². The van der Waals surface area contributed by atoms with Gasteiger partial charge in [0.1, 0.15) is 0 Å². The average Bonchev–Trinajstić information content (AvgIpc) is 2.88. The van der Waals surface area contributed by atoms with Crippen molar-refractivity contribution in [3.63, 3.8) is 0 Å². The number of hydrogen-bond donors (Lipinski definition) is 3. The number of aryl methyl sites for hydroxylation is 5. The van der Waals surface area contributed by atoms with Gasteiger partial charge in [-0.15, -0.1) is 0 Å². The van der Waals surface area contributed by atoms with Gasteiger partial charge in [0.2, 0.25) is 0 Å². The van der Waals surface area contributed by atoms with Crippen LogP contribution in [0, 0.1) is 34.6 Å². The van der Waals surface area contributed by atoms with Crippen LogP contribution in [0.15, 0.2) is 88.7 Å². The van der Waals surface area contributed by atoms with Gasteiger partial charge in [0.25, 0.3) is 26.0 Å². The highest BCUT2D eigenvalue weighted by Gasteiger charge is 2.21. The van der Waals surface area contributed by atoms with Gasteiger partial charge in [0, 0.05) is 16.9 Å². The van der Waals surface area contributed by atoms with Gasteiger partial charge in [-0.25, -0.2) is 16.8 Å². The molecule has 208 valence electrons. The van der Waals surface area contributed by atoms with Gasteiger partial charge in [0.15, 0.2) is 0 Å². The van der Waals surface area contributed by atoms with Crippen LogP contribution in [0.25, 0.3) is 0 Å². The molecule has 4 rings (SSSR count). The summed E-state index contributed by atoms with van der Waals surface area (Å²) in [5, 5.41) is 2.69. The van der Waals surface area contributed by atoms with Gasteiger partial charge >= 0.3 is 0 Å². The Balaban J connectivity index is 1.50. The topological polar surface area (TPSA) is 121 Å². The number of hydrogen-bond acceptors (Lipinski definition) is 5. The quantitative estimate of drug-likeness (QED) is 0.234. The molecule has 0 aromatic heterocycles. The third-order valence-electron chi connectivity index (χ3n) is 6.55. The Morgan fingerprint density at radius 2 is 1.23 bits per heavy atom. The molecule has 4 aromatic carbocycles. The Hall–Kier alpha value is -4.15. The van der Waals surface area contributed by atoms with Crippen LogP contribution in [-0.4, -0.2) is 22.7 Å². The molecule has 0 atom stereocenters. The molecule has 0 aliphatic carbocycles. The normalized spacial score (nSPS) is 11.6. The summed E-state index contributed by atoms with van der Waals surface area (Å²) in [5.41, 5.74) is 5.71. The molecule has 1 amide bonds. The Morgan fingerprint density at radius 1 is 0.575 bits per heavy atom. The number of rotatable bonds is 8. The summed E-state index contributed by atoms with van der Waals surface area (Å²) in [5.74, 6) is -0.535. The van der Waals surface area contributed by atoms with Gasteiger partial charge < -0.3 is 5.32 Å². The van der Waals surface area contributed by atoms with E-state index in [1.165, 1.54) is 36.4 Å². The molecule has 0 spiro atoms. The third kappa shape index (κ3) is 6.52. The summed E-state index contributed by atoms with van der Waals surface area (Å²) >= 11 is 0. The zero-order valence-corrected chi connectivity index (χ0v) is 24.5.